The Morgan fingerprint density at radius 3 is 2.76 bits per heavy atom. The predicted molar refractivity (Wildman–Crippen MR) is 94.8 cm³/mol. The monoisotopic (exact) mass is 432 g/mol. The maximum Gasteiger partial charge on any atom is 0.267 e. The van der Waals surface area contributed by atoms with Gasteiger partial charge in [-0.15, -0.1) is 11.3 Å². The van der Waals surface area contributed by atoms with Crippen molar-refractivity contribution < 1.29 is 4.39 Å². The van der Waals surface area contributed by atoms with Crippen LogP contribution in [0.15, 0.2) is 23.0 Å². The highest BCUT2D eigenvalue weighted by atomic mass is 127. The molecular weight excluding hydrogens is 422 g/mol. The molecule has 0 spiro atoms. The molecule has 7 heteroatoms. The number of hydrogen-bond donors (Lipinski definition) is 1. The standard InChI is InChI=1S/C14H10FIN2OS2/c1-6-7(2)21-12-11(6)13(19)18(14(20)17-12)10-4-3-8(15)5-9(10)16/h3-5H,1-2H3,(H,17,20). The zero-order valence-corrected chi connectivity index (χ0v) is 15.0. The van der Waals surface area contributed by atoms with Crippen LogP contribution in [0.3, 0.4) is 0 Å². The van der Waals surface area contributed by atoms with Crippen molar-refractivity contribution in [3.63, 3.8) is 0 Å². The Hall–Kier alpha value is -1.06. The molecule has 2 aromatic heterocycles. The van der Waals surface area contributed by atoms with Gasteiger partial charge in [-0.05, 0) is 72.4 Å². The Bertz CT molecular complexity index is 987. The fourth-order valence-corrected chi connectivity index (χ4v) is 4.33. The summed E-state index contributed by atoms with van der Waals surface area (Å²) in [5.41, 5.74) is 1.38. The molecule has 21 heavy (non-hydrogen) atoms. The summed E-state index contributed by atoms with van der Waals surface area (Å²) >= 11 is 8.83. The number of hydrogen-bond acceptors (Lipinski definition) is 3. The van der Waals surface area contributed by atoms with E-state index in [4.69, 9.17) is 12.2 Å². The molecule has 0 atom stereocenters. The van der Waals surface area contributed by atoms with E-state index in [1.54, 1.807) is 6.07 Å². The second-order valence-electron chi connectivity index (χ2n) is 4.65. The smallest absolute Gasteiger partial charge is 0.267 e. The minimum absolute atomic E-state index is 0.167. The van der Waals surface area contributed by atoms with Crippen molar-refractivity contribution in [3.8, 4) is 5.69 Å². The van der Waals surface area contributed by atoms with Crippen molar-refractivity contribution in [1.82, 2.24) is 9.55 Å². The van der Waals surface area contributed by atoms with Crippen LogP contribution in [0.25, 0.3) is 15.9 Å². The SMILES string of the molecule is Cc1sc2[nH]c(=S)n(-c3ccc(F)cc3I)c(=O)c2c1C. The highest BCUT2D eigenvalue weighted by Gasteiger charge is 2.15. The summed E-state index contributed by atoms with van der Waals surface area (Å²) in [5.74, 6) is -0.338. The lowest BCUT2D eigenvalue weighted by Crippen LogP contribution is -2.21. The van der Waals surface area contributed by atoms with Crippen LogP contribution in [0.1, 0.15) is 10.4 Å². The topological polar surface area (TPSA) is 37.8 Å². The first-order chi connectivity index (χ1) is 9.90. The predicted octanol–water partition coefficient (Wildman–Crippen LogP) is 4.47. The first-order valence-electron chi connectivity index (χ1n) is 6.10. The Balaban J connectivity index is 2.46. The number of nitrogens with one attached hydrogen (secondary N) is 1. The van der Waals surface area contributed by atoms with E-state index in [2.05, 4.69) is 4.98 Å². The molecule has 0 saturated carbocycles. The van der Waals surface area contributed by atoms with E-state index in [-0.39, 0.29) is 11.4 Å². The largest absolute Gasteiger partial charge is 0.323 e. The van der Waals surface area contributed by atoms with E-state index < -0.39 is 0 Å². The van der Waals surface area contributed by atoms with Crippen molar-refractivity contribution in [1.29, 1.82) is 0 Å². The van der Waals surface area contributed by atoms with Gasteiger partial charge in [-0.1, -0.05) is 0 Å². The van der Waals surface area contributed by atoms with Crippen molar-refractivity contribution in [2.75, 3.05) is 0 Å². The molecular formula is C14H10FIN2OS2. The van der Waals surface area contributed by atoms with E-state index in [1.165, 1.54) is 28.0 Å². The summed E-state index contributed by atoms with van der Waals surface area (Å²) in [7, 11) is 0. The highest BCUT2D eigenvalue weighted by molar-refractivity contribution is 14.1. The molecule has 0 fully saturated rings. The number of nitrogens with zero attached hydrogens (tertiary/aromatic N) is 1. The summed E-state index contributed by atoms with van der Waals surface area (Å²) < 4.78 is 15.6. The third kappa shape index (κ3) is 2.36. The van der Waals surface area contributed by atoms with Crippen LogP contribution in [0, 0.1) is 28.0 Å². The summed E-state index contributed by atoms with van der Waals surface area (Å²) in [6.07, 6.45) is 0. The van der Waals surface area contributed by atoms with Gasteiger partial charge < -0.3 is 4.98 Å². The van der Waals surface area contributed by atoms with Crippen LogP contribution in [0.2, 0.25) is 0 Å². The fraction of sp³-hybridized carbons (Fsp3) is 0.143. The zero-order chi connectivity index (χ0) is 15.3. The first-order valence-corrected chi connectivity index (χ1v) is 8.41. The van der Waals surface area contributed by atoms with Gasteiger partial charge >= 0.3 is 0 Å². The maximum atomic E-state index is 13.3. The van der Waals surface area contributed by atoms with Gasteiger partial charge in [0.25, 0.3) is 5.56 Å². The normalized spacial score (nSPS) is 11.2. The van der Waals surface area contributed by atoms with E-state index in [9.17, 15) is 9.18 Å². The molecule has 0 aliphatic carbocycles. The second-order valence-corrected chi connectivity index (χ2v) is 7.43. The molecule has 0 amide bonds. The van der Waals surface area contributed by atoms with Gasteiger partial charge in [0.15, 0.2) is 4.77 Å². The number of aryl methyl sites for hydroxylation is 2. The van der Waals surface area contributed by atoms with Crippen LogP contribution in [-0.4, -0.2) is 9.55 Å². The van der Waals surface area contributed by atoms with Crippen molar-refractivity contribution in [3.05, 3.63) is 53.2 Å². The Labute approximate surface area is 142 Å². The third-order valence-corrected chi connectivity index (χ3v) is 5.65. The lowest BCUT2D eigenvalue weighted by molar-refractivity contribution is 0.626. The quantitative estimate of drug-likeness (QED) is 0.455. The third-order valence-electron chi connectivity index (χ3n) is 3.38. The number of aromatic amines is 1. The van der Waals surface area contributed by atoms with E-state index >= 15 is 0 Å². The van der Waals surface area contributed by atoms with Gasteiger partial charge in [-0.25, -0.2) is 4.39 Å². The minimum Gasteiger partial charge on any atom is -0.323 e. The summed E-state index contributed by atoms with van der Waals surface area (Å²) in [6, 6.07) is 4.28. The van der Waals surface area contributed by atoms with Gasteiger partial charge in [-0.2, -0.15) is 0 Å². The molecule has 0 radical (unpaired) electrons. The Morgan fingerprint density at radius 2 is 2.10 bits per heavy atom. The van der Waals surface area contributed by atoms with Crippen molar-refractivity contribution in [2.24, 2.45) is 0 Å². The molecule has 0 bridgehead atoms. The van der Waals surface area contributed by atoms with Crippen molar-refractivity contribution >= 4 is 56.4 Å². The summed E-state index contributed by atoms with van der Waals surface area (Å²) in [5, 5.41) is 0.645. The molecule has 3 rings (SSSR count). The van der Waals surface area contributed by atoms with Crippen LogP contribution < -0.4 is 5.56 Å². The number of fused-ring (bicyclic) bond motifs is 1. The van der Waals surface area contributed by atoms with Gasteiger partial charge in [0.05, 0.1) is 11.1 Å². The highest BCUT2D eigenvalue weighted by Crippen LogP contribution is 2.27. The second kappa shape index (κ2) is 5.29. The number of rotatable bonds is 1. The summed E-state index contributed by atoms with van der Waals surface area (Å²) in [4.78, 5) is 17.8. The van der Waals surface area contributed by atoms with Crippen molar-refractivity contribution in [2.45, 2.75) is 13.8 Å². The van der Waals surface area contributed by atoms with E-state index in [1.807, 2.05) is 36.4 Å². The number of benzene rings is 1. The molecule has 3 nitrogen and oxygen atoms in total. The van der Waals surface area contributed by atoms with Crippen LogP contribution in [-0.2, 0) is 0 Å². The number of thiophene rings is 1. The average Bonchev–Trinajstić information content (AvgIpc) is 2.67. The van der Waals surface area contributed by atoms with Gasteiger partial charge in [0.2, 0.25) is 0 Å². The molecule has 0 unspecified atom stereocenters. The van der Waals surface area contributed by atoms with Crippen LogP contribution in [0.4, 0.5) is 4.39 Å². The minimum atomic E-state index is -0.338. The number of halogens is 2. The Kier molecular flexibility index (Phi) is 3.74. The fourth-order valence-electron chi connectivity index (χ4n) is 2.21. The molecule has 1 N–H and O–H groups in total. The molecule has 0 aliphatic heterocycles. The van der Waals surface area contributed by atoms with E-state index in [0.29, 0.717) is 19.4 Å². The summed E-state index contributed by atoms with van der Waals surface area (Å²) in [6.45, 7) is 3.90. The maximum absolute atomic E-state index is 13.3. The zero-order valence-electron chi connectivity index (χ0n) is 11.2. The average molecular weight is 432 g/mol. The molecule has 0 aliphatic rings. The molecule has 2 heterocycles. The van der Waals surface area contributed by atoms with Gasteiger partial charge in [0.1, 0.15) is 10.6 Å². The van der Waals surface area contributed by atoms with Gasteiger partial charge in [0, 0.05) is 8.45 Å². The Morgan fingerprint density at radius 1 is 1.38 bits per heavy atom. The molecule has 1 aromatic carbocycles. The van der Waals surface area contributed by atoms with Crippen LogP contribution in [0.5, 0.6) is 0 Å². The number of aromatic nitrogens is 2. The van der Waals surface area contributed by atoms with E-state index in [0.717, 1.165) is 15.3 Å². The lowest BCUT2D eigenvalue weighted by atomic mass is 10.2. The van der Waals surface area contributed by atoms with Crippen LogP contribution >= 0.6 is 46.1 Å². The first kappa shape index (κ1) is 14.9. The number of H-pyrrole nitrogens is 1. The molecule has 108 valence electrons. The lowest BCUT2D eigenvalue weighted by Gasteiger charge is -2.09. The molecule has 3 aromatic rings. The van der Waals surface area contributed by atoms with Gasteiger partial charge in [-0.3, -0.25) is 9.36 Å². The molecule has 0 saturated heterocycles.